The molecule has 16 heavy (non-hydrogen) atoms. The fourth-order valence-corrected chi connectivity index (χ4v) is 2.25. The molecule has 1 rings (SSSR count). The number of benzene rings is 1. The highest BCUT2D eigenvalue weighted by Gasteiger charge is 2.26. The molecule has 88 valence electrons. The van der Waals surface area contributed by atoms with E-state index >= 15 is 0 Å². The van der Waals surface area contributed by atoms with E-state index in [0.29, 0.717) is 5.56 Å². The summed E-state index contributed by atoms with van der Waals surface area (Å²) >= 11 is 0. The van der Waals surface area contributed by atoms with E-state index in [1.165, 1.54) is 0 Å². The molecule has 0 aliphatic heterocycles. The van der Waals surface area contributed by atoms with Crippen LogP contribution in [0.1, 0.15) is 24.2 Å². The average molecular weight is 242 g/mol. The summed E-state index contributed by atoms with van der Waals surface area (Å²) in [6.07, 6.45) is 0.180. The zero-order valence-electron chi connectivity index (χ0n) is 9.38. The Labute approximate surface area is 95.1 Å². The molecule has 1 unspecified atom stereocenters. The number of hydrogen-bond donors (Lipinski definition) is 0. The van der Waals surface area contributed by atoms with Crippen molar-refractivity contribution in [3.8, 4) is 0 Å². The third kappa shape index (κ3) is 3.47. The van der Waals surface area contributed by atoms with Crippen molar-refractivity contribution in [2.75, 3.05) is 12.8 Å². The molecule has 1 atom stereocenters. The summed E-state index contributed by atoms with van der Waals surface area (Å²) < 4.78 is 21.8. The van der Waals surface area contributed by atoms with Crippen molar-refractivity contribution >= 4 is 13.6 Å². The molecule has 4 nitrogen and oxygen atoms in total. The first-order valence-electron chi connectivity index (χ1n) is 5.14. The maximum Gasteiger partial charge on any atom is 0.381 e. The molecule has 0 N–H and O–H groups in total. The molecule has 0 radical (unpaired) electrons. The molecule has 0 bridgehead atoms. The van der Waals surface area contributed by atoms with Gasteiger partial charge in [0.05, 0.1) is 18.3 Å². The fourth-order valence-electron chi connectivity index (χ4n) is 1.13. The molecule has 0 saturated heterocycles. The molecular weight excluding hydrogens is 227 g/mol. The van der Waals surface area contributed by atoms with Gasteiger partial charge in [-0.3, -0.25) is 0 Å². The topological polar surface area (TPSA) is 52.6 Å². The summed E-state index contributed by atoms with van der Waals surface area (Å²) in [7, 11) is -3.27. The van der Waals surface area contributed by atoms with Crippen molar-refractivity contribution < 1.29 is 18.4 Å². The highest BCUT2D eigenvalue weighted by Crippen LogP contribution is 2.48. The van der Waals surface area contributed by atoms with Crippen LogP contribution in [0.15, 0.2) is 30.3 Å². The van der Waals surface area contributed by atoms with Crippen LogP contribution in [-0.2, 0) is 13.6 Å². The Bertz CT molecular complexity index is 388. The maximum atomic E-state index is 11.9. The zero-order chi connectivity index (χ0) is 12.0. The lowest BCUT2D eigenvalue weighted by atomic mass is 10.2. The number of rotatable bonds is 5. The van der Waals surface area contributed by atoms with Gasteiger partial charge in [-0.05, 0) is 19.1 Å². The van der Waals surface area contributed by atoms with Crippen LogP contribution in [0.4, 0.5) is 0 Å². The first-order chi connectivity index (χ1) is 7.61. The Morgan fingerprint density at radius 1 is 1.25 bits per heavy atom. The van der Waals surface area contributed by atoms with Gasteiger partial charge in [0.15, 0.2) is 0 Å². The summed E-state index contributed by atoms with van der Waals surface area (Å²) in [6, 6.07) is 8.43. The van der Waals surface area contributed by atoms with Crippen LogP contribution in [0, 0.1) is 0 Å². The second kappa shape index (κ2) is 5.83. The molecule has 0 aliphatic rings. The first-order valence-corrected chi connectivity index (χ1v) is 6.86. The van der Waals surface area contributed by atoms with Crippen LogP contribution < -0.4 is 0 Å². The minimum Gasteiger partial charge on any atom is -0.388 e. The van der Waals surface area contributed by atoms with E-state index in [9.17, 15) is 9.36 Å². The van der Waals surface area contributed by atoms with Crippen molar-refractivity contribution in [2.24, 2.45) is 0 Å². The summed E-state index contributed by atoms with van der Waals surface area (Å²) in [4.78, 5) is 11.6. The lowest BCUT2D eigenvalue weighted by molar-refractivity contribution is 0.0701. The maximum absolute atomic E-state index is 11.9. The average Bonchev–Trinajstić information content (AvgIpc) is 2.30. The Balaban J connectivity index is 2.74. The molecule has 0 aromatic heterocycles. The van der Waals surface area contributed by atoms with E-state index in [0.717, 1.165) is 0 Å². The highest BCUT2D eigenvalue weighted by atomic mass is 31.2. The van der Waals surface area contributed by atoms with Crippen LogP contribution >= 0.6 is 7.60 Å². The van der Waals surface area contributed by atoms with Crippen LogP contribution in [0.5, 0.6) is 0 Å². The first kappa shape index (κ1) is 12.9. The van der Waals surface area contributed by atoms with Gasteiger partial charge in [-0.1, -0.05) is 25.1 Å². The molecule has 0 heterocycles. The largest absolute Gasteiger partial charge is 0.388 e. The van der Waals surface area contributed by atoms with Gasteiger partial charge in [0.2, 0.25) is 0 Å². The van der Waals surface area contributed by atoms with Crippen LogP contribution in [0.3, 0.4) is 0 Å². The second-order valence-corrected chi connectivity index (χ2v) is 5.38. The third-order valence-electron chi connectivity index (χ3n) is 1.94. The molecule has 0 saturated carbocycles. The van der Waals surface area contributed by atoms with Gasteiger partial charge in [-0.25, -0.2) is 9.36 Å². The van der Waals surface area contributed by atoms with Crippen LogP contribution in [0.2, 0.25) is 0 Å². The Morgan fingerprint density at radius 3 is 2.38 bits per heavy atom. The number of carbonyl (C=O) groups excluding carboxylic acids is 1. The standard InChI is InChI=1S/C11H15O4P/c1-3-14-16(13,4-2)15-11(12)10-8-6-5-7-9-10/h5-9H,3-4H2,1-2H3. The molecule has 0 spiro atoms. The zero-order valence-corrected chi connectivity index (χ0v) is 10.3. The van der Waals surface area contributed by atoms with E-state index in [1.807, 2.05) is 0 Å². The van der Waals surface area contributed by atoms with E-state index in [2.05, 4.69) is 0 Å². The van der Waals surface area contributed by atoms with Crippen molar-refractivity contribution in [3.63, 3.8) is 0 Å². The van der Waals surface area contributed by atoms with Gasteiger partial charge in [-0.15, -0.1) is 0 Å². The predicted molar refractivity (Wildman–Crippen MR) is 61.6 cm³/mol. The van der Waals surface area contributed by atoms with Gasteiger partial charge in [0.25, 0.3) is 0 Å². The summed E-state index contributed by atoms with van der Waals surface area (Å²) in [5.41, 5.74) is 0.371. The van der Waals surface area contributed by atoms with Crippen molar-refractivity contribution in [2.45, 2.75) is 13.8 Å². The van der Waals surface area contributed by atoms with Gasteiger partial charge >= 0.3 is 13.6 Å². The number of carbonyl (C=O) groups is 1. The summed E-state index contributed by atoms with van der Waals surface area (Å²) in [5, 5.41) is 0. The monoisotopic (exact) mass is 242 g/mol. The SMILES string of the molecule is CCOP(=O)(CC)OC(=O)c1ccccc1. The van der Waals surface area contributed by atoms with Crippen LogP contribution in [-0.4, -0.2) is 18.7 Å². The number of hydrogen-bond acceptors (Lipinski definition) is 4. The van der Waals surface area contributed by atoms with Crippen molar-refractivity contribution in [1.82, 2.24) is 0 Å². The Morgan fingerprint density at radius 2 is 1.88 bits per heavy atom. The van der Waals surface area contributed by atoms with Crippen molar-refractivity contribution in [1.29, 1.82) is 0 Å². The summed E-state index contributed by atoms with van der Waals surface area (Å²) in [6.45, 7) is 3.63. The van der Waals surface area contributed by atoms with E-state index < -0.39 is 13.6 Å². The van der Waals surface area contributed by atoms with Crippen LogP contribution in [0.25, 0.3) is 0 Å². The van der Waals surface area contributed by atoms with E-state index in [1.54, 1.807) is 44.2 Å². The van der Waals surface area contributed by atoms with Gasteiger partial charge in [0.1, 0.15) is 0 Å². The minimum atomic E-state index is -3.27. The second-order valence-electron chi connectivity index (χ2n) is 3.09. The molecule has 0 fully saturated rings. The molecule has 5 heteroatoms. The fraction of sp³-hybridized carbons (Fsp3) is 0.364. The predicted octanol–water partition coefficient (Wildman–Crippen LogP) is 3.09. The molecular formula is C11H15O4P. The van der Waals surface area contributed by atoms with Crippen molar-refractivity contribution in [3.05, 3.63) is 35.9 Å². The highest BCUT2D eigenvalue weighted by molar-refractivity contribution is 7.54. The Kier molecular flexibility index (Phi) is 4.71. The molecule has 1 aromatic rings. The lowest BCUT2D eigenvalue weighted by Gasteiger charge is -2.15. The third-order valence-corrected chi connectivity index (χ3v) is 3.81. The molecule has 0 aliphatic carbocycles. The molecule has 0 amide bonds. The normalized spacial score (nSPS) is 14.1. The van der Waals surface area contributed by atoms with Gasteiger partial charge < -0.3 is 9.05 Å². The minimum absolute atomic E-state index is 0.180. The lowest BCUT2D eigenvalue weighted by Crippen LogP contribution is -2.06. The Hall–Kier alpha value is -1.12. The van der Waals surface area contributed by atoms with E-state index in [-0.39, 0.29) is 12.8 Å². The summed E-state index contributed by atoms with van der Waals surface area (Å²) in [5.74, 6) is -0.612. The smallest absolute Gasteiger partial charge is 0.381 e. The van der Waals surface area contributed by atoms with E-state index in [4.69, 9.17) is 9.05 Å². The quantitative estimate of drug-likeness (QED) is 0.744. The van der Waals surface area contributed by atoms with Gasteiger partial charge in [-0.2, -0.15) is 0 Å². The molecule has 1 aromatic carbocycles. The van der Waals surface area contributed by atoms with Gasteiger partial charge in [0, 0.05) is 0 Å².